The van der Waals surface area contributed by atoms with Crippen molar-refractivity contribution in [2.45, 2.75) is 59.9 Å². The third-order valence-electron chi connectivity index (χ3n) is 7.42. The van der Waals surface area contributed by atoms with E-state index in [0.29, 0.717) is 29.4 Å². The highest BCUT2D eigenvalue weighted by Gasteiger charge is 2.19. The molecule has 0 spiro atoms. The highest BCUT2D eigenvalue weighted by Crippen LogP contribution is 2.34. The number of fused-ring (bicyclic) bond motifs is 2. The minimum atomic E-state index is -0.197. The van der Waals surface area contributed by atoms with E-state index in [0.717, 1.165) is 45.3 Å². The molecule has 0 aliphatic rings. The van der Waals surface area contributed by atoms with Crippen molar-refractivity contribution < 1.29 is 4.74 Å². The van der Waals surface area contributed by atoms with Crippen molar-refractivity contribution in [2.24, 2.45) is 5.10 Å². The van der Waals surface area contributed by atoms with Gasteiger partial charge in [0.2, 0.25) is 0 Å². The minimum absolute atomic E-state index is 0.197. The molecule has 0 fully saturated rings. The largest absolute Gasteiger partial charge is 0.494 e. The molecule has 0 N–H and O–H groups in total. The Morgan fingerprint density at radius 2 is 1.72 bits per heavy atom. The van der Waals surface area contributed by atoms with E-state index in [4.69, 9.17) is 14.8 Å². The molecule has 200 valence electrons. The van der Waals surface area contributed by atoms with Gasteiger partial charge in [-0.25, -0.2) is 4.98 Å². The Morgan fingerprint density at radius 1 is 1.00 bits per heavy atom. The Kier molecular flexibility index (Phi) is 7.38. The first-order valence-electron chi connectivity index (χ1n) is 13.8. The maximum atomic E-state index is 13.8. The molecule has 0 saturated heterocycles. The van der Waals surface area contributed by atoms with Crippen LogP contribution in [0.3, 0.4) is 0 Å². The summed E-state index contributed by atoms with van der Waals surface area (Å²) in [5.41, 5.74) is 5.48. The summed E-state index contributed by atoms with van der Waals surface area (Å²) in [6.45, 7) is 13.3. The number of aryl methyl sites for hydroxylation is 1. The summed E-state index contributed by atoms with van der Waals surface area (Å²) < 4.78 is 9.68. The number of hydrogen-bond donors (Lipinski definition) is 0. The molecule has 0 radical (unpaired) electrons. The van der Waals surface area contributed by atoms with E-state index in [2.05, 4.69) is 62.7 Å². The van der Waals surface area contributed by atoms with Crippen LogP contribution >= 0.6 is 0 Å². The molecule has 1 atom stereocenters. The van der Waals surface area contributed by atoms with Crippen LogP contribution in [-0.2, 0) is 0 Å². The van der Waals surface area contributed by atoms with Gasteiger partial charge in [-0.15, -0.1) is 0 Å². The van der Waals surface area contributed by atoms with E-state index < -0.39 is 0 Å². The lowest BCUT2D eigenvalue weighted by atomic mass is 9.96. The summed E-state index contributed by atoms with van der Waals surface area (Å²) in [5.74, 6) is 1.62. The molecule has 2 heterocycles. The van der Waals surface area contributed by atoms with Gasteiger partial charge in [0.1, 0.15) is 5.75 Å². The number of hydrogen-bond acceptors (Lipinski definition) is 4. The summed E-state index contributed by atoms with van der Waals surface area (Å²) in [7, 11) is 0. The van der Waals surface area contributed by atoms with Gasteiger partial charge in [0.25, 0.3) is 5.56 Å². The van der Waals surface area contributed by atoms with Crippen molar-refractivity contribution in [1.82, 2.24) is 14.2 Å². The number of nitrogens with zero attached hydrogens (tertiary/aromatic N) is 4. The molecule has 0 unspecified atom stereocenters. The summed E-state index contributed by atoms with van der Waals surface area (Å²) in [6.07, 6.45) is 4.93. The fourth-order valence-corrected chi connectivity index (χ4v) is 5.09. The van der Waals surface area contributed by atoms with Crippen molar-refractivity contribution in [2.75, 3.05) is 6.61 Å². The zero-order chi connectivity index (χ0) is 27.7. The second-order valence-electron chi connectivity index (χ2n) is 10.4. The van der Waals surface area contributed by atoms with Gasteiger partial charge in [-0.2, -0.15) is 9.78 Å². The van der Waals surface area contributed by atoms with Gasteiger partial charge in [-0.1, -0.05) is 51.1 Å². The third kappa shape index (κ3) is 4.87. The Bertz CT molecular complexity index is 1740. The van der Waals surface area contributed by atoms with Crippen LogP contribution in [0.25, 0.3) is 33.2 Å². The predicted molar refractivity (Wildman–Crippen MR) is 161 cm³/mol. The maximum absolute atomic E-state index is 13.8. The molecule has 6 nitrogen and oxygen atoms in total. The first-order valence-corrected chi connectivity index (χ1v) is 13.8. The van der Waals surface area contributed by atoms with Crippen LogP contribution in [0.1, 0.15) is 69.7 Å². The fourth-order valence-electron chi connectivity index (χ4n) is 5.09. The van der Waals surface area contributed by atoms with Gasteiger partial charge in [-0.05, 0) is 74.6 Å². The third-order valence-corrected chi connectivity index (χ3v) is 7.42. The molecular formula is C33H36N4O2. The smallest absolute Gasteiger partial charge is 0.282 e. The topological polar surface area (TPSA) is 61.4 Å². The molecule has 0 aliphatic carbocycles. The van der Waals surface area contributed by atoms with Crippen LogP contribution in [0.5, 0.6) is 5.75 Å². The summed E-state index contributed by atoms with van der Waals surface area (Å²) in [6, 6.07) is 20.3. The highest BCUT2D eigenvalue weighted by molar-refractivity contribution is 5.99. The molecular weight excluding hydrogens is 484 g/mol. The van der Waals surface area contributed by atoms with Gasteiger partial charge in [0.15, 0.2) is 5.82 Å². The van der Waals surface area contributed by atoms with Crippen LogP contribution in [0.15, 0.2) is 76.8 Å². The van der Waals surface area contributed by atoms with E-state index >= 15 is 0 Å². The molecule has 5 aromatic rings. The second kappa shape index (κ2) is 10.9. The molecule has 3 aromatic carbocycles. The first kappa shape index (κ1) is 26.4. The van der Waals surface area contributed by atoms with E-state index in [1.807, 2.05) is 44.2 Å². The standard InChI is InChI=1S/C33H36N4O2/c1-7-23(6)36-20-24(25-13-10-12-16-30(25)36)19-34-37-32(35-29-15-11-9-14-26(29)33(37)38)28-18-27(21(3)4)31(39-8-2)17-22(28)5/h9-21,23H,7-8H2,1-6H3/t23-/m1/s1. The number of benzene rings is 3. The molecule has 2 aromatic heterocycles. The molecule has 39 heavy (non-hydrogen) atoms. The van der Waals surface area contributed by atoms with Crippen molar-refractivity contribution >= 4 is 28.0 Å². The van der Waals surface area contributed by atoms with E-state index in [-0.39, 0.29) is 11.5 Å². The van der Waals surface area contributed by atoms with Gasteiger partial charge >= 0.3 is 0 Å². The lowest BCUT2D eigenvalue weighted by molar-refractivity contribution is 0.335. The Morgan fingerprint density at radius 3 is 2.44 bits per heavy atom. The summed E-state index contributed by atoms with van der Waals surface area (Å²) in [4.78, 5) is 18.8. The zero-order valence-corrected chi connectivity index (χ0v) is 23.6. The zero-order valence-electron chi connectivity index (χ0n) is 23.6. The van der Waals surface area contributed by atoms with E-state index in [1.54, 1.807) is 12.3 Å². The van der Waals surface area contributed by atoms with Crippen molar-refractivity contribution in [1.29, 1.82) is 0 Å². The number of rotatable bonds is 8. The highest BCUT2D eigenvalue weighted by atomic mass is 16.5. The molecule has 5 rings (SSSR count). The van der Waals surface area contributed by atoms with E-state index in [9.17, 15) is 4.79 Å². The number of ether oxygens (including phenoxy) is 1. The van der Waals surface area contributed by atoms with Crippen molar-refractivity contribution in [3.05, 3.63) is 93.9 Å². The lowest BCUT2D eigenvalue weighted by Gasteiger charge is -2.18. The minimum Gasteiger partial charge on any atom is -0.494 e. The quantitative estimate of drug-likeness (QED) is 0.197. The summed E-state index contributed by atoms with van der Waals surface area (Å²) in [5, 5.41) is 6.43. The summed E-state index contributed by atoms with van der Waals surface area (Å²) >= 11 is 0. The predicted octanol–water partition coefficient (Wildman–Crippen LogP) is 7.70. The average molecular weight is 521 g/mol. The SMILES string of the molecule is CCOc1cc(C)c(-c2nc3ccccc3c(=O)n2N=Cc2cn([C@H](C)CC)c3ccccc23)cc1C(C)C. The molecule has 0 saturated carbocycles. The Hall–Kier alpha value is -4.19. The number of para-hydroxylation sites is 2. The Balaban J connectivity index is 1.74. The normalized spacial score (nSPS) is 12.7. The van der Waals surface area contributed by atoms with Crippen LogP contribution in [-0.4, -0.2) is 27.0 Å². The van der Waals surface area contributed by atoms with Crippen LogP contribution < -0.4 is 10.3 Å². The first-order chi connectivity index (χ1) is 18.8. The Labute approximate surface area is 229 Å². The molecule has 0 aliphatic heterocycles. The van der Waals surface area contributed by atoms with Gasteiger partial charge in [0, 0.05) is 34.3 Å². The molecule has 6 heteroatoms. The van der Waals surface area contributed by atoms with Crippen LogP contribution in [0.4, 0.5) is 0 Å². The van der Waals surface area contributed by atoms with Gasteiger partial charge < -0.3 is 9.30 Å². The van der Waals surface area contributed by atoms with Crippen LogP contribution in [0.2, 0.25) is 0 Å². The van der Waals surface area contributed by atoms with Gasteiger partial charge in [-0.3, -0.25) is 4.79 Å². The molecule has 0 amide bonds. The van der Waals surface area contributed by atoms with Crippen molar-refractivity contribution in [3.8, 4) is 17.1 Å². The van der Waals surface area contributed by atoms with Crippen molar-refractivity contribution in [3.63, 3.8) is 0 Å². The second-order valence-corrected chi connectivity index (χ2v) is 10.4. The number of aromatic nitrogens is 3. The molecule has 0 bridgehead atoms. The van der Waals surface area contributed by atoms with Crippen LogP contribution in [0, 0.1) is 6.92 Å². The van der Waals surface area contributed by atoms with Gasteiger partial charge in [0.05, 0.1) is 23.7 Å². The fraction of sp³-hybridized carbons (Fsp3) is 0.303. The maximum Gasteiger partial charge on any atom is 0.282 e. The monoisotopic (exact) mass is 520 g/mol. The lowest BCUT2D eigenvalue weighted by Crippen LogP contribution is -2.20. The van der Waals surface area contributed by atoms with E-state index in [1.165, 1.54) is 4.68 Å². The average Bonchev–Trinajstić information content (AvgIpc) is 3.31.